The average molecular weight is 207 g/mol. The van der Waals surface area contributed by atoms with E-state index in [1.54, 1.807) is 18.3 Å². The molecule has 0 bridgehead atoms. The third-order valence-corrected chi connectivity index (χ3v) is 2.09. The van der Waals surface area contributed by atoms with Crippen LogP contribution in [0.5, 0.6) is 0 Å². The van der Waals surface area contributed by atoms with E-state index in [4.69, 9.17) is 5.73 Å². The van der Waals surface area contributed by atoms with Crippen molar-refractivity contribution in [3.63, 3.8) is 0 Å². The summed E-state index contributed by atoms with van der Waals surface area (Å²) in [6, 6.07) is 3.38. The van der Waals surface area contributed by atoms with Crippen LogP contribution in [-0.4, -0.2) is 17.4 Å². The summed E-state index contributed by atoms with van der Waals surface area (Å²) in [7, 11) is 0. The lowest BCUT2D eigenvalue weighted by Gasteiger charge is -2.07. The summed E-state index contributed by atoms with van der Waals surface area (Å²) in [5.41, 5.74) is 6.03. The number of nitrogens with two attached hydrogens (primary N) is 1. The first-order valence-electron chi connectivity index (χ1n) is 5.10. The number of rotatable bonds is 4. The lowest BCUT2D eigenvalue weighted by Crippen LogP contribution is -2.26. The van der Waals surface area contributed by atoms with Crippen LogP contribution < -0.4 is 11.1 Å². The van der Waals surface area contributed by atoms with Crippen LogP contribution in [0.15, 0.2) is 18.3 Å². The highest BCUT2D eigenvalue weighted by molar-refractivity contribution is 5.98. The summed E-state index contributed by atoms with van der Waals surface area (Å²) in [4.78, 5) is 15.5. The number of nitrogens with one attached hydrogen (secondary N) is 1. The van der Waals surface area contributed by atoms with E-state index >= 15 is 0 Å². The van der Waals surface area contributed by atoms with Crippen LogP contribution in [-0.2, 0) is 0 Å². The van der Waals surface area contributed by atoms with Crippen molar-refractivity contribution in [1.29, 1.82) is 0 Å². The highest BCUT2D eigenvalue weighted by atomic mass is 16.1. The van der Waals surface area contributed by atoms with Gasteiger partial charge in [0.25, 0.3) is 5.91 Å². The lowest BCUT2D eigenvalue weighted by atomic mass is 10.1. The molecule has 0 unspecified atom stereocenters. The third-order valence-electron chi connectivity index (χ3n) is 2.09. The van der Waals surface area contributed by atoms with Gasteiger partial charge in [-0.25, -0.2) is 4.98 Å². The first kappa shape index (κ1) is 11.5. The summed E-state index contributed by atoms with van der Waals surface area (Å²) in [6.45, 7) is 4.90. The number of nitrogens with zero attached hydrogens (tertiary/aromatic N) is 1. The predicted octanol–water partition coefficient (Wildman–Crippen LogP) is 1.44. The van der Waals surface area contributed by atoms with Crippen molar-refractivity contribution in [2.75, 3.05) is 12.3 Å². The molecule has 1 rings (SSSR count). The number of hydrogen-bond acceptors (Lipinski definition) is 3. The van der Waals surface area contributed by atoms with E-state index in [0.717, 1.165) is 6.42 Å². The molecule has 0 aliphatic rings. The van der Waals surface area contributed by atoms with Gasteiger partial charge in [-0.15, -0.1) is 0 Å². The Labute approximate surface area is 89.9 Å². The molecule has 0 radical (unpaired) electrons. The zero-order valence-electron chi connectivity index (χ0n) is 9.16. The zero-order chi connectivity index (χ0) is 11.3. The Bertz CT molecular complexity index is 336. The molecule has 3 N–H and O–H groups in total. The smallest absolute Gasteiger partial charge is 0.255 e. The van der Waals surface area contributed by atoms with E-state index in [1.165, 1.54) is 0 Å². The van der Waals surface area contributed by atoms with Crippen LogP contribution in [0.4, 0.5) is 5.82 Å². The molecule has 0 aliphatic heterocycles. The van der Waals surface area contributed by atoms with E-state index in [1.807, 2.05) is 0 Å². The molecular formula is C11H17N3O. The largest absolute Gasteiger partial charge is 0.383 e. The Morgan fingerprint density at radius 1 is 1.60 bits per heavy atom. The second-order valence-corrected chi connectivity index (χ2v) is 3.87. The number of carbonyl (C=O) groups excluding carboxylic acids is 1. The Balaban J connectivity index is 2.51. The number of carbonyl (C=O) groups is 1. The molecule has 4 heteroatoms. The molecule has 0 fully saturated rings. The van der Waals surface area contributed by atoms with Gasteiger partial charge in [0, 0.05) is 12.7 Å². The van der Waals surface area contributed by atoms with Gasteiger partial charge in [-0.05, 0) is 24.5 Å². The van der Waals surface area contributed by atoms with Crippen molar-refractivity contribution in [2.24, 2.45) is 5.92 Å². The summed E-state index contributed by atoms with van der Waals surface area (Å²) in [6.07, 6.45) is 2.53. The van der Waals surface area contributed by atoms with Crippen LogP contribution >= 0.6 is 0 Å². The molecule has 0 spiro atoms. The predicted molar refractivity (Wildman–Crippen MR) is 60.4 cm³/mol. The first-order valence-corrected chi connectivity index (χ1v) is 5.10. The zero-order valence-corrected chi connectivity index (χ0v) is 9.16. The van der Waals surface area contributed by atoms with Crippen LogP contribution in [0.25, 0.3) is 0 Å². The van der Waals surface area contributed by atoms with Crippen molar-refractivity contribution in [2.45, 2.75) is 20.3 Å². The summed E-state index contributed by atoms with van der Waals surface area (Å²) in [5.74, 6) is 0.706. The highest BCUT2D eigenvalue weighted by Crippen LogP contribution is 2.06. The van der Waals surface area contributed by atoms with Crippen molar-refractivity contribution in [3.05, 3.63) is 23.9 Å². The number of pyridine rings is 1. The second-order valence-electron chi connectivity index (χ2n) is 3.87. The molecule has 1 amide bonds. The molecule has 0 aliphatic carbocycles. The monoisotopic (exact) mass is 207 g/mol. The van der Waals surface area contributed by atoms with Crippen LogP contribution in [0.3, 0.4) is 0 Å². The van der Waals surface area contributed by atoms with E-state index in [9.17, 15) is 4.79 Å². The fraction of sp³-hybridized carbons (Fsp3) is 0.455. The molecule has 15 heavy (non-hydrogen) atoms. The Morgan fingerprint density at radius 3 is 2.93 bits per heavy atom. The molecule has 1 aromatic heterocycles. The number of amides is 1. The topological polar surface area (TPSA) is 68.0 Å². The maximum absolute atomic E-state index is 11.6. The van der Waals surface area contributed by atoms with Crippen LogP contribution in [0.1, 0.15) is 30.6 Å². The van der Waals surface area contributed by atoms with Gasteiger partial charge in [0.15, 0.2) is 0 Å². The Hall–Kier alpha value is -1.58. The molecule has 0 saturated heterocycles. The molecule has 4 nitrogen and oxygen atoms in total. The number of aromatic nitrogens is 1. The maximum atomic E-state index is 11.6. The number of nitrogen functional groups attached to an aromatic ring is 1. The summed E-state index contributed by atoms with van der Waals surface area (Å²) >= 11 is 0. The molecular weight excluding hydrogens is 190 g/mol. The summed E-state index contributed by atoms with van der Waals surface area (Å²) < 4.78 is 0. The van der Waals surface area contributed by atoms with E-state index in [2.05, 4.69) is 24.1 Å². The second kappa shape index (κ2) is 5.34. The normalized spacial score (nSPS) is 10.3. The molecule has 1 heterocycles. The highest BCUT2D eigenvalue weighted by Gasteiger charge is 2.08. The molecule has 82 valence electrons. The molecule has 0 saturated carbocycles. The summed E-state index contributed by atoms with van der Waals surface area (Å²) in [5, 5.41) is 2.81. The van der Waals surface area contributed by atoms with Crippen molar-refractivity contribution in [1.82, 2.24) is 10.3 Å². The van der Waals surface area contributed by atoms with Gasteiger partial charge in [-0.1, -0.05) is 13.8 Å². The third kappa shape index (κ3) is 3.58. The van der Waals surface area contributed by atoms with Gasteiger partial charge in [-0.3, -0.25) is 4.79 Å². The van der Waals surface area contributed by atoms with Crippen molar-refractivity contribution in [3.8, 4) is 0 Å². The van der Waals surface area contributed by atoms with E-state index in [0.29, 0.717) is 18.0 Å². The van der Waals surface area contributed by atoms with Gasteiger partial charge in [0.05, 0.1) is 5.56 Å². The van der Waals surface area contributed by atoms with Crippen LogP contribution in [0.2, 0.25) is 0 Å². The minimum atomic E-state index is -0.152. The first-order chi connectivity index (χ1) is 7.11. The van der Waals surface area contributed by atoms with E-state index in [-0.39, 0.29) is 11.7 Å². The van der Waals surface area contributed by atoms with Crippen LogP contribution in [0, 0.1) is 5.92 Å². The maximum Gasteiger partial charge on any atom is 0.255 e. The lowest BCUT2D eigenvalue weighted by molar-refractivity contribution is 0.0952. The van der Waals surface area contributed by atoms with Gasteiger partial charge in [0.1, 0.15) is 5.82 Å². The SMILES string of the molecule is CC(C)CCNC(=O)c1cccnc1N. The van der Waals surface area contributed by atoms with Crippen molar-refractivity contribution >= 4 is 11.7 Å². The van der Waals surface area contributed by atoms with E-state index < -0.39 is 0 Å². The fourth-order valence-corrected chi connectivity index (χ4v) is 1.18. The molecule has 0 aromatic carbocycles. The Kier molecular flexibility index (Phi) is 4.09. The van der Waals surface area contributed by atoms with Gasteiger partial charge in [0.2, 0.25) is 0 Å². The van der Waals surface area contributed by atoms with Gasteiger partial charge >= 0.3 is 0 Å². The van der Waals surface area contributed by atoms with Crippen molar-refractivity contribution < 1.29 is 4.79 Å². The van der Waals surface area contributed by atoms with Gasteiger partial charge in [-0.2, -0.15) is 0 Å². The Morgan fingerprint density at radius 2 is 2.33 bits per heavy atom. The minimum absolute atomic E-state index is 0.152. The fourth-order valence-electron chi connectivity index (χ4n) is 1.18. The van der Waals surface area contributed by atoms with Gasteiger partial charge < -0.3 is 11.1 Å². The molecule has 0 atom stereocenters. The standard InChI is InChI=1S/C11H17N3O/c1-8(2)5-7-14-11(15)9-4-3-6-13-10(9)12/h3-4,6,8H,5,7H2,1-2H3,(H2,12,13)(H,14,15). The quantitative estimate of drug-likeness (QED) is 0.785. The number of anilines is 1. The average Bonchev–Trinajstić information content (AvgIpc) is 2.17. The number of hydrogen-bond donors (Lipinski definition) is 2. The molecule has 1 aromatic rings. The minimum Gasteiger partial charge on any atom is -0.383 e.